The summed E-state index contributed by atoms with van der Waals surface area (Å²) in [6.07, 6.45) is 14.1. The van der Waals surface area contributed by atoms with Crippen molar-refractivity contribution < 1.29 is 5.11 Å². The van der Waals surface area contributed by atoms with Crippen LogP contribution in [0.3, 0.4) is 0 Å². The highest BCUT2D eigenvalue weighted by molar-refractivity contribution is 5.11. The number of hydrogen-bond donors (Lipinski definition) is 1. The largest absolute Gasteiger partial charge is 0.393 e. The fraction of sp³-hybridized carbons (Fsp3) is 0.905. The summed E-state index contributed by atoms with van der Waals surface area (Å²) in [6.45, 7) is 9.30. The van der Waals surface area contributed by atoms with E-state index in [0.717, 1.165) is 42.4 Å². The Bertz CT molecular complexity index is 457. The summed E-state index contributed by atoms with van der Waals surface area (Å²) in [4.78, 5) is 0. The molecule has 124 valence electrons. The molecule has 0 bridgehead atoms. The predicted molar refractivity (Wildman–Crippen MR) is 91.4 cm³/mol. The van der Waals surface area contributed by atoms with Crippen molar-refractivity contribution in [2.75, 3.05) is 0 Å². The smallest absolute Gasteiger partial charge is 0.0543 e. The Hall–Kier alpha value is -0.300. The van der Waals surface area contributed by atoms with Gasteiger partial charge in [-0.15, -0.1) is 6.58 Å². The molecule has 0 aromatic carbocycles. The zero-order valence-corrected chi connectivity index (χ0v) is 14.6. The lowest BCUT2D eigenvalue weighted by molar-refractivity contribution is -0.124. The predicted octanol–water partition coefficient (Wildman–Crippen LogP) is 5.19. The minimum Gasteiger partial charge on any atom is -0.393 e. The summed E-state index contributed by atoms with van der Waals surface area (Å²) >= 11 is 0. The fourth-order valence-electron chi connectivity index (χ4n) is 7.66. The van der Waals surface area contributed by atoms with Gasteiger partial charge < -0.3 is 5.11 Å². The summed E-state index contributed by atoms with van der Waals surface area (Å²) in [7, 11) is 0. The SMILES string of the molecule is C=C[C@H]1CC[C@H]2[C@@H]3CC[C@H]4C[C@@H](O)CC[C@]4(C)[C@H]3CC[C@]12C. The van der Waals surface area contributed by atoms with E-state index in [0.29, 0.717) is 10.8 Å². The lowest BCUT2D eigenvalue weighted by Gasteiger charge is -2.60. The van der Waals surface area contributed by atoms with Crippen molar-refractivity contribution in [1.29, 1.82) is 0 Å². The minimum absolute atomic E-state index is 0.0138. The van der Waals surface area contributed by atoms with Gasteiger partial charge in [-0.05, 0) is 98.2 Å². The molecule has 4 aliphatic rings. The molecule has 4 aliphatic carbocycles. The van der Waals surface area contributed by atoms with Crippen LogP contribution in [0.4, 0.5) is 0 Å². The van der Waals surface area contributed by atoms with Gasteiger partial charge in [0.25, 0.3) is 0 Å². The Labute approximate surface area is 136 Å². The summed E-state index contributed by atoms with van der Waals surface area (Å²) in [5.74, 6) is 4.38. The fourth-order valence-corrected chi connectivity index (χ4v) is 7.66. The van der Waals surface area contributed by atoms with Gasteiger partial charge >= 0.3 is 0 Å². The van der Waals surface area contributed by atoms with Crippen LogP contribution in [0.5, 0.6) is 0 Å². The number of fused-ring (bicyclic) bond motifs is 5. The lowest BCUT2D eigenvalue weighted by atomic mass is 9.44. The van der Waals surface area contributed by atoms with Crippen LogP contribution in [0.15, 0.2) is 12.7 Å². The third kappa shape index (κ3) is 1.93. The van der Waals surface area contributed by atoms with Crippen LogP contribution in [0.1, 0.15) is 71.6 Å². The molecular formula is C21H34O. The van der Waals surface area contributed by atoms with Crippen molar-refractivity contribution >= 4 is 0 Å². The third-order valence-electron chi connectivity index (χ3n) is 9.00. The van der Waals surface area contributed by atoms with E-state index >= 15 is 0 Å². The quantitative estimate of drug-likeness (QED) is 0.661. The van der Waals surface area contributed by atoms with Crippen molar-refractivity contribution in [3.05, 3.63) is 12.7 Å². The molecule has 1 N–H and O–H groups in total. The van der Waals surface area contributed by atoms with Gasteiger partial charge in [0, 0.05) is 0 Å². The molecule has 0 aromatic rings. The second-order valence-electron chi connectivity index (χ2n) is 9.55. The maximum Gasteiger partial charge on any atom is 0.0543 e. The van der Waals surface area contributed by atoms with E-state index in [1.165, 1.54) is 44.9 Å². The average Bonchev–Trinajstić information content (AvgIpc) is 2.84. The topological polar surface area (TPSA) is 20.2 Å². The monoisotopic (exact) mass is 302 g/mol. The zero-order chi connectivity index (χ0) is 15.5. The van der Waals surface area contributed by atoms with E-state index < -0.39 is 0 Å². The first kappa shape index (κ1) is 15.2. The Morgan fingerprint density at radius 2 is 1.64 bits per heavy atom. The van der Waals surface area contributed by atoms with E-state index in [9.17, 15) is 5.11 Å². The molecule has 0 amide bonds. The van der Waals surface area contributed by atoms with Crippen LogP contribution in [-0.4, -0.2) is 11.2 Å². The van der Waals surface area contributed by atoms with E-state index in [4.69, 9.17) is 0 Å². The van der Waals surface area contributed by atoms with Crippen LogP contribution < -0.4 is 0 Å². The van der Waals surface area contributed by atoms with Gasteiger partial charge in [0.1, 0.15) is 0 Å². The van der Waals surface area contributed by atoms with Crippen molar-refractivity contribution in [3.8, 4) is 0 Å². The van der Waals surface area contributed by atoms with E-state index in [1.807, 2.05) is 0 Å². The number of rotatable bonds is 1. The van der Waals surface area contributed by atoms with Gasteiger partial charge in [-0.1, -0.05) is 19.9 Å². The molecule has 0 spiro atoms. The summed E-state index contributed by atoms with van der Waals surface area (Å²) in [6, 6.07) is 0. The first-order valence-electron chi connectivity index (χ1n) is 9.79. The Morgan fingerprint density at radius 3 is 2.41 bits per heavy atom. The van der Waals surface area contributed by atoms with E-state index in [-0.39, 0.29) is 6.10 Å². The Kier molecular flexibility index (Phi) is 3.53. The molecule has 0 aromatic heterocycles. The first-order valence-corrected chi connectivity index (χ1v) is 9.79. The second-order valence-corrected chi connectivity index (χ2v) is 9.55. The van der Waals surface area contributed by atoms with Crippen molar-refractivity contribution in [3.63, 3.8) is 0 Å². The number of aliphatic hydroxyl groups is 1. The van der Waals surface area contributed by atoms with Gasteiger partial charge in [0.2, 0.25) is 0 Å². The molecule has 0 unspecified atom stereocenters. The molecule has 4 rings (SSSR count). The number of aliphatic hydroxyl groups excluding tert-OH is 1. The zero-order valence-electron chi connectivity index (χ0n) is 14.6. The van der Waals surface area contributed by atoms with Gasteiger partial charge in [-0.25, -0.2) is 0 Å². The molecule has 0 heterocycles. The molecule has 0 radical (unpaired) electrons. The average molecular weight is 303 g/mol. The van der Waals surface area contributed by atoms with Crippen LogP contribution in [0.25, 0.3) is 0 Å². The molecule has 4 saturated carbocycles. The lowest BCUT2D eigenvalue weighted by Crippen LogP contribution is -2.53. The maximum atomic E-state index is 10.1. The molecule has 1 nitrogen and oxygen atoms in total. The van der Waals surface area contributed by atoms with Crippen LogP contribution in [0.2, 0.25) is 0 Å². The second kappa shape index (κ2) is 5.10. The summed E-state index contributed by atoms with van der Waals surface area (Å²) in [5, 5.41) is 10.1. The van der Waals surface area contributed by atoms with Crippen molar-refractivity contribution in [2.24, 2.45) is 40.4 Å². The standard InChI is InChI=1S/C21H34O/c1-4-14-6-8-18-17-7-5-15-13-16(22)9-11-21(15,3)19(17)10-12-20(14,18)2/h4,14-19,22H,1,5-13H2,2-3H3/t14-,15-,16-,17-,18-,19-,20+,21-/m0/s1. The van der Waals surface area contributed by atoms with E-state index in [2.05, 4.69) is 26.5 Å². The Balaban J connectivity index is 1.62. The molecule has 1 heteroatoms. The van der Waals surface area contributed by atoms with Gasteiger partial charge in [0.05, 0.1) is 6.10 Å². The maximum absolute atomic E-state index is 10.1. The highest BCUT2D eigenvalue weighted by Crippen LogP contribution is 2.67. The normalized spacial score (nSPS) is 57.6. The molecule has 22 heavy (non-hydrogen) atoms. The van der Waals surface area contributed by atoms with Crippen molar-refractivity contribution in [1.82, 2.24) is 0 Å². The number of allylic oxidation sites excluding steroid dienone is 1. The highest BCUT2D eigenvalue weighted by atomic mass is 16.3. The molecule has 0 aliphatic heterocycles. The first-order chi connectivity index (χ1) is 10.5. The molecule has 8 atom stereocenters. The van der Waals surface area contributed by atoms with Gasteiger partial charge in [-0.3, -0.25) is 0 Å². The third-order valence-corrected chi connectivity index (χ3v) is 9.00. The van der Waals surface area contributed by atoms with Gasteiger partial charge in [0.15, 0.2) is 0 Å². The van der Waals surface area contributed by atoms with E-state index in [1.54, 1.807) is 0 Å². The molecule has 4 fully saturated rings. The highest BCUT2D eigenvalue weighted by Gasteiger charge is 2.59. The Morgan fingerprint density at radius 1 is 0.909 bits per heavy atom. The van der Waals surface area contributed by atoms with Crippen LogP contribution >= 0.6 is 0 Å². The molecular weight excluding hydrogens is 268 g/mol. The van der Waals surface area contributed by atoms with Crippen LogP contribution in [0, 0.1) is 40.4 Å². The van der Waals surface area contributed by atoms with Crippen LogP contribution in [-0.2, 0) is 0 Å². The summed E-state index contributed by atoms with van der Waals surface area (Å²) in [5.41, 5.74) is 1.07. The van der Waals surface area contributed by atoms with Gasteiger partial charge in [-0.2, -0.15) is 0 Å². The molecule has 0 saturated heterocycles. The summed E-state index contributed by atoms with van der Waals surface area (Å²) < 4.78 is 0. The number of hydrogen-bond acceptors (Lipinski definition) is 1. The minimum atomic E-state index is -0.0138. The van der Waals surface area contributed by atoms with Crippen molar-refractivity contribution in [2.45, 2.75) is 77.7 Å².